The number of carbonyl (C=O) groups excluding carboxylic acids is 1. The molecule has 2 rings (SSSR count). The molecule has 8 heteroatoms. The maximum absolute atomic E-state index is 12.3. The van der Waals surface area contributed by atoms with Gasteiger partial charge in [-0.1, -0.05) is 6.07 Å². The molecule has 0 bridgehead atoms. The second-order valence-electron chi connectivity index (χ2n) is 4.99. The Morgan fingerprint density at radius 1 is 1.50 bits per heavy atom. The predicted octanol–water partition coefficient (Wildman–Crippen LogP) is 0.622. The van der Waals surface area contributed by atoms with Crippen LogP contribution in [0.25, 0.3) is 0 Å². The van der Waals surface area contributed by atoms with Crippen LogP contribution in [0.5, 0.6) is 0 Å². The highest BCUT2D eigenvalue weighted by molar-refractivity contribution is 7.86. The minimum atomic E-state index is -3.63. The van der Waals surface area contributed by atoms with Gasteiger partial charge in [0.05, 0.1) is 6.54 Å². The Morgan fingerprint density at radius 3 is 2.65 bits per heavy atom. The number of thiophene rings is 1. The highest BCUT2D eigenvalue weighted by Gasteiger charge is 2.30. The van der Waals surface area contributed by atoms with E-state index in [1.54, 1.807) is 23.3 Å². The van der Waals surface area contributed by atoms with Crippen LogP contribution in [-0.2, 0) is 21.5 Å². The van der Waals surface area contributed by atoms with Gasteiger partial charge in [0.25, 0.3) is 10.2 Å². The van der Waals surface area contributed by atoms with Crippen molar-refractivity contribution in [1.82, 2.24) is 9.21 Å². The molecule has 0 aliphatic carbocycles. The second-order valence-corrected chi connectivity index (χ2v) is 7.57. The predicted molar refractivity (Wildman–Crippen MR) is 78.2 cm³/mol. The smallest absolute Gasteiger partial charge is 0.276 e. The molecular formula is C12H19N3O3S2. The number of hydrogen-bond acceptors (Lipinski definition) is 4. The average Bonchev–Trinajstić information content (AvgIpc) is 2.90. The average molecular weight is 317 g/mol. The SMILES string of the molecule is CN(Cc1cccs1)C(=O)C1CCN(S(N)(=O)=O)CC1. The molecule has 0 spiro atoms. The minimum absolute atomic E-state index is 0.0764. The Bertz CT molecular complexity index is 549. The van der Waals surface area contributed by atoms with Crippen molar-refractivity contribution >= 4 is 27.5 Å². The van der Waals surface area contributed by atoms with Gasteiger partial charge in [-0.15, -0.1) is 11.3 Å². The van der Waals surface area contributed by atoms with Crippen molar-refractivity contribution in [3.63, 3.8) is 0 Å². The Morgan fingerprint density at radius 2 is 2.15 bits per heavy atom. The molecule has 6 nitrogen and oxygen atoms in total. The Kier molecular flexibility index (Phi) is 4.79. The van der Waals surface area contributed by atoms with E-state index < -0.39 is 10.2 Å². The largest absolute Gasteiger partial charge is 0.340 e. The lowest BCUT2D eigenvalue weighted by molar-refractivity contribution is -0.135. The van der Waals surface area contributed by atoms with Crippen LogP contribution in [0.3, 0.4) is 0 Å². The maximum atomic E-state index is 12.3. The molecule has 2 N–H and O–H groups in total. The van der Waals surface area contributed by atoms with Gasteiger partial charge in [-0.25, -0.2) is 5.14 Å². The molecule has 0 aromatic carbocycles. The zero-order chi connectivity index (χ0) is 14.8. The van der Waals surface area contributed by atoms with E-state index in [0.717, 1.165) is 4.88 Å². The van der Waals surface area contributed by atoms with Crippen molar-refractivity contribution in [2.24, 2.45) is 11.1 Å². The van der Waals surface area contributed by atoms with Crippen molar-refractivity contribution in [3.05, 3.63) is 22.4 Å². The van der Waals surface area contributed by atoms with Crippen molar-refractivity contribution in [2.45, 2.75) is 19.4 Å². The van der Waals surface area contributed by atoms with Gasteiger partial charge in [0.15, 0.2) is 0 Å². The van der Waals surface area contributed by atoms with Crippen molar-refractivity contribution in [3.8, 4) is 0 Å². The first-order chi connectivity index (χ1) is 9.38. The van der Waals surface area contributed by atoms with Crippen LogP contribution in [0, 0.1) is 5.92 Å². The van der Waals surface area contributed by atoms with E-state index in [9.17, 15) is 13.2 Å². The summed E-state index contributed by atoms with van der Waals surface area (Å²) in [6.07, 6.45) is 1.06. The third-order valence-corrected chi connectivity index (χ3v) is 5.46. The standard InChI is InChI=1S/C12H19N3O3S2/c1-14(9-11-3-2-8-19-11)12(16)10-4-6-15(7-5-10)20(13,17)18/h2-3,8,10H,4-7,9H2,1H3,(H2,13,17,18). The summed E-state index contributed by atoms with van der Waals surface area (Å²) in [5, 5.41) is 7.07. The number of carbonyl (C=O) groups is 1. The molecule has 1 fully saturated rings. The van der Waals surface area contributed by atoms with E-state index >= 15 is 0 Å². The van der Waals surface area contributed by atoms with Crippen LogP contribution >= 0.6 is 11.3 Å². The van der Waals surface area contributed by atoms with Crippen LogP contribution < -0.4 is 5.14 Å². The third kappa shape index (κ3) is 3.78. The van der Waals surface area contributed by atoms with Gasteiger partial charge in [0.1, 0.15) is 0 Å². The molecule has 20 heavy (non-hydrogen) atoms. The zero-order valence-electron chi connectivity index (χ0n) is 11.4. The van der Waals surface area contributed by atoms with E-state index in [2.05, 4.69) is 0 Å². The van der Waals surface area contributed by atoms with Crippen LogP contribution in [0.1, 0.15) is 17.7 Å². The Balaban J connectivity index is 1.88. The van der Waals surface area contributed by atoms with Gasteiger partial charge < -0.3 is 4.90 Å². The van der Waals surface area contributed by atoms with E-state index in [1.807, 2.05) is 17.5 Å². The molecule has 1 aromatic rings. The van der Waals surface area contributed by atoms with Gasteiger partial charge in [-0.05, 0) is 24.3 Å². The molecule has 1 aromatic heterocycles. The Labute approximate surface area is 123 Å². The van der Waals surface area contributed by atoms with Crippen molar-refractivity contribution in [2.75, 3.05) is 20.1 Å². The van der Waals surface area contributed by atoms with Gasteiger partial charge in [-0.3, -0.25) is 4.79 Å². The topological polar surface area (TPSA) is 83.7 Å². The number of hydrogen-bond donors (Lipinski definition) is 1. The minimum Gasteiger partial charge on any atom is -0.340 e. The fraction of sp³-hybridized carbons (Fsp3) is 0.583. The van der Waals surface area contributed by atoms with Crippen LogP contribution in [-0.4, -0.2) is 43.7 Å². The van der Waals surface area contributed by atoms with E-state index in [1.165, 1.54) is 4.31 Å². The molecule has 0 atom stereocenters. The maximum Gasteiger partial charge on any atom is 0.276 e. The van der Waals surface area contributed by atoms with E-state index in [4.69, 9.17) is 5.14 Å². The summed E-state index contributed by atoms with van der Waals surface area (Å²) >= 11 is 1.62. The monoisotopic (exact) mass is 317 g/mol. The highest BCUT2D eigenvalue weighted by Crippen LogP contribution is 2.21. The van der Waals surface area contributed by atoms with Crippen LogP contribution in [0.2, 0.25) is 0 Å². The van der Waals surface area contributed by atoms with Crippen molar-refractivity contribution < 1.29 is 13.2 Å². The van der Waals surface area contributed by atoms with E-state index in [0.29, 0.717) is 32.5 Å². The van der Waals surface area contributed by atoms with Gasteiger partial charge in [0.2, 0.25) is 5.91 Å². The lowest BCUT2D eigenvalue weighted by Crippen LogP contribution is -2.45. The summed E-state index contributed by atoms with van der Waals surface area (Å²) < 4.78 is 23.7. The highest BCUT2D eigenvalue weighted by atomic mass is 32.2. The fourth-order valence-corrected chi connectivity index (χ4v) is 3.86. The lowest BCUT2D eigenvalue weighted by Gasteiger charge is -2.31. The van der Waals surface area contributed by atoms with Crippen LogP contribution in [0.15, 0.2) is 17.5 Å². The quantitative estimate of drug-likeness (QED) is 0.883. The number of rotatable bonds is 4. The first-order valence-corrected chi connectivity index (χ1v) is 8.81. The molecule has 1 amide bonds. The molecule has 0 unspecified atom stereocenters. The van der Waals surface area contributed by atoms with E-state index in [-0.39, 0.29) is 11.8 Å². The summed E-state index contributed by atoms with van der Waals surface area (Å²) in [7, 11) is -1.84. The summed E-state index contributed by atoms with van der Waals surface area (Å²) in [5.74, 6) is -0.0366. The molecule has 1 aliphatic rings. The fourth-order valence-electron chi connectivity index (χ4n) is 2.38. The molecule has 0 saturated carbocycles. The first kappa shape index (κ1) is 15.4. The van der Waals surface area contributed by atoms with Gasteiger partial charge in [-0.2, -0.15) is 12.7 Å². The number of nitrogens with zero attached hydrogens (tertiary/aromatic N) is 2. The number of piperidine rings is 1. The molecule has 0 radical (unpaired) electrons. The Hall–Kier alpha value is -0.960. The summed E-state index contributed by atoms with van der Waals surface area (Å²) in [6, 6.07) is 3.96. The van der Waals surface area contributed by atoms with Crippen LogP contribution in [0.4, 0.5) is 0 Å². The molecule has 1 aliphatic heterocycles. The summed E-state index contributed by atoms with van der Waals surface area (Å²) in [4.78, 5) is 15.2. The number of nitrogens with two attached hydrogens (primary N) is 1. The third-order valence-electron chi connectivity index (χ3n) is 3.51. The lowest BCUT2D eigenvalue weighted by atomic mass is 9.96. The molecule has 2 heterocycles. The summed E-state index contributed by atoms with van der Waals surface area (Å²) in [6.45, 7) is 1.25. The second kappa shape index (κ2) is 6.21. The number of amides is 1. The first-order valence-electron chi connectivity index (χ1n) is 6.43. The molecular weight excluding hydrogens is 298 g/mol. The van der Waals surface area contributed by atoms with Gasteiger partial charge in [0, 0.05) is 30.9 Å². The summed E-state index contributed by atoms with van der Waals surface area (Å²) in [5.41, 5.74) is 0. The van der Waals surface area contributed by atoms with Gasteiger partial charge >= 0.3 is 0 Å². The molecule has 1 saturated heterocycles. The normalized spacial score (nSPS) is 18.1. The molecule has 112 valence electrons. The van der Waals surface area contributed by atoms with Crippen molar-refractivity contribution in [1.29, 1.82) is 0 Å². The zero-order valence-corrected chi connectivity index (χ0v) is 13.0.